The summed E-state index contributed by atoms with van der Waals surface area (Å²) in [7, 11) is 0. The van der Waals surface area contributed by atoms with Gasteiger partial charge in [0.05, 0.1) is 12.2 Å². The van der Waals surface area contributed by atoms with Crippen LogP contribution in [0.2, 0.25) is 0 Å². The quantitative estimate of drug-likeness (QED) is 0.428. The van der Waals surface area contributed by atoms with Crippen LogP contribution in [-0.4, -0.2) is 18.4 Å². The largest absolute Gasteiger partial charge is 0.493 e. The molecule has 0 radical (unpaired) electrons. The number of benzene rings is 3. The zero-order valence-electron chi connectivity index (χ0n) is 17.3. The van der Waals surface area contributed by atoms with Gasteiger partial charge in [-0.1, -0.05) is 42.0 Å². The van der Waals surface area contributed by atoms with Crippen molar-refractivity contribution in [3.63, 3.8) is 0 Å². The van der Waals surface area contributed by atoms with Crippen LogP contribution in [0.1, 0.15) is 33.4 Å². The molecule has 156 valence electrons. The molecule has 0 atom stereocenters. The number of nitrogens with one attached hydrogen (secondary N) is 2. The first kappa shape index (κ1) is 20.2. The molecule has 6 nitrogen and oxygen atoms in total. The Labute approximate surface area is 179 Å². The monoisotopic (exact) mass is 414 g/mol. The fraction of sp³-hybridized carbons (Fsp3) is 0.120. The highest BCUT2D eigenvalue weighted by atomic mass is 16.5. The molecule has 0 bridgehead atoms. The molecule has 4 rings (SSSR count). The molecule has 0 unspecified atom stereocenters. The Hall–Kier alpha value is -4.06. The van der Waals surface area contributed by atoms with Gasteiger partial charge in [0.2, 0.25) is 5.76 Å². The van der Waals surface area contributed by atoms with Gasteiger partial charge >= 0.3 is 0 Å². The summed E-state index contributed by atoms with van der Waals surface area (Å²) in [5, 5.41) is 6.31. The second kappa shape index (κ2) is 8.75. The average molecular weight is 414 g/mol. The molecule has 2 amide bonds. The number of rotatable bonds is 6. The molecular weight excluding hydrogens is 392 g/mol. The Morgan fingerprint density at radius 2 is 1.58 bits per heavy atom. The van der Waals surface area contributed by atoms with Crippen molar-refractivity contribution in [2.45, 2.75) is 13.8 Å². The Morgan fingerprint density at radius 3 is 2.35 bits per heavy atom. The third-order valence-corrected chi connectivity index (χ3v) is 4.78. The molecule has 0 fully saturated rings. The van der Waals surface area contributed by atoms with E-state index in [1.54, 1.807) is 36.4 Å². The predicted octanol–water partition coefficient (Wildman–Crippen LogP) is 5.64. The van der Waals surface area contributed by atoms with Gasteiger partial charge in [-0.05, 0) is 50.2 Å². The van der Waals surface area contributed by atoms with E-state index in [0.717, 1.165) is 5.56 Å². The molecule has 31 heavy (non-hydrogen) atoms. The summed E-state index contributed by atoms with van der Waals surface area (Å²) in [6, 6.07) is 21.6. The van der Waals surface area contributed by atoms with Gasteiger partial charge in [0.1, 0.15) is 17.0 Å². The number of anilines is 2. The number of ether oxygens (including phenoxy) is 1. The van der Waals surface area contributed by atoms with Crippen molar-refractivity contribution >= 4 is 34.2 Å². The second-order valence-electron chi connectivity index (χ2n) is 7.01. The van der Waals surface area contributed by atoms with Crippen molar-refractivity contribution in [1.29, 1.82) is 0 Å². The lowest BCUT2D eigenvalue weighted by Crippen LogP contribution is -2.18. The van der Waals surface area contributed by atoms with Gasteiger partial charge in [-0.25, -0.2) is 0 Å². The normalized spacial score (nSPS) is 10.6. The number of carbonyl (C=O) groups excluding carboxylic acids is 2. The molecule has 0 saturated heterocycles. The SMILES string of the molecule is CCOc1ccccc1C(=O)Nc1c(C(=O)Nc2ccc(C)cc2)oc2ccccc12. The van der Waals surface area contributed by atoms with Crippen LogP contribution in [0.4, 0.5) is 11.4 Å². The minimum Gasteiger partial charge on any atom is -0.493 e. The molecule has 0 saturated carbocycles. The highest BCUT2D eigenvalue weighted by Crippen LogP contribution is 2.32. The van der Waals surface area contributed by atoms with Gasteiger partial charge in [-0.15, -0.1) is 0 Å². The van der Waals surface area contributed by atoms with Crippen LogP contribution in [0.3, 0.4) is 0 Å². The molecule has 0 aliphatic carbocycles. The van der Waals surface area contributed by atoms with E-state index in [1.807, 2.05) is 50.2 Å². The molecule has 2 N–H and O–H groups in total. The molecule has 1 aromatic heterocycles. The number of amides is 2. The maximum absolute atomic E-state index is 13.1. The third-order valence-electron chi connectivity index (χ3n) is 4.78. The van der Waals surface area contributed by atoms with E-state index in [2.05, 4.69) is 10.6 Å². The first-order valence-corrected chi connectivity index (χ1v) is 9.99. The maximum atomic E-state index is 13.1. The van der Waals surface area contributed by atoms with E-state index in [0.29, 0.717) is 40.3 Å². The average Bonchev–Trinajstić information content (AvgIpc) is 3.14. The summed E-state index contributed by atoms with van der Waals surface area (Å²) in [6.45, 7) is 4.26. The Morgan fingerprint density at radius 1 is 0.871 bits per heavy atom. The minimum atomic E-state index is -0.451. The summed E-state index contributed by atoms with van der Waals surface area (Å²) in [5.74, 6) is -0.335. The lowest BCUT2D eigenvalue weighted by Gasteiger charge is -2.11. The zero-order valence-corrected chi connectivity index (χ0v) is 17.3. The van der Waals surface area contributed by atoms with Crippen molar-refractivity contribution in [2.75, 3.05) is 17.2 Å². The maximum Gasteiger partial charge on any atom is 0.293 e. The van der Waals surface area contributed by atoms with Gasteiger partial charge < -0.3 is 19.8 Å². The van der Waals surface area contributed by atoms with Crippen LogP contribution in [0.5, 0.6) is 5.75 Å². The smallest absolute Gasteiger partial charge is 0.293 e. The summed E-state index contributed by atoms with van der Waals surface area (Å²) < 4.78 is 11.4. The molecule has 1 heterocycles. The second-order valence-corrected chi connectivity index (χ2v) is 7.01. The van der Waals surface area contributed by atoms with Crippen LogP contribution in [0, 0.1) is 6.92 Å². The first-order chi connectivity index (χ1) is 15.1. The van der Waals surface area contributed by atoms with Gasteiger partial charge in [0.25, 0.3) is 11.8 Å². The number of hydrogen-bond acceptors (Lipinski definition) is 4. The molecule has 3 aromatic carbocycles. The van der Waals surface area contributed by atoms with Crippen molar-refractivity contribution in [3.8, 4) is 5.75 Å². The van der Waals surface area contributed by atoms with Crippen LogP contribution in [0.15, 0.2) is 77.2 Å². The van der Waals surface area contributed by atoms with E-state index >= 15 is 0 Å². The molecule has 4 aromatic rings. The summed E-state index contributed by atoms with van der Waals surface area (Å²) in [4.78, 5) is 26.1. The van der Waals surface area contributed by atoms with Crippen molar-refractivity contribution in [2.24, 2.45) is 0 Å². The van der Waals surface area contributed by atoms with Gasteiger partial charge in [-0.2, -0.15) is 0 Å². The Kier molecular flexibility index (Phi) is 5.71. The van der Waals surface area contributed by atoms with E-state index in [4.69, 9.17) is 9.15 Å². The Balaban J connectivity index is 1.69. The third kappa shape index (κ3) is 4.28. The predicted molar refractivity (Wildman–Crippen MR) is 121 cm³/mol. The van der Waals surface area contributed by atoms with E-state index in [1.165, 1.54) is 0 Å². The fourth-order valence-corrected chi connectivity index (χ4v) is 3.27. The van der Waals surface area contributed by atoms with Crippen molar-refractivity contribution < 1.29 is 18.7 Å². The van der Waals surface area contributed by atoms with E-state index in [9.17, 15) is 9.59 Å². The lowest BCUT2D eigenvalue weighted by atomic mass is 10.1. The summed E-state index contributed by atoms with van der Waals surface area (Å²) in [5.41, 5.74) is 2.92. The van der Waals surface area contributed by atoms with Gasteiger partial charge in [0, 0.05) is 11.1 Å². The molecular formula is C25H22N2O4. The van der Waals surface area contributed by atoms with Gasteiger partial charge in [0.15, 0.2) is 0 Å². The lowest BCUT2D eigenvalue weighted by molar-refractivity contribution is 0.0999. The van der Waals surface area contributed by atoms with Crippen LogP contribution < -0.4 is 15.4 Å². The van der Waals surface area contributed by atoms with E-state index < -0.39 is 5.91 Å². The number of aryl methyl sites for hydroxylation is 1. The topological polar surface area (TPSA) is 80.6 Å². The number of hydrogen-bond donors (Lipinski definition) is 2. The van der Waals surface area contributed by atoms with Crippen LogP contribution >= 0.6 is 0 Å². The molecule has 0 aliphatic rings. The highest BCUT2D eigenvalue weighted by molar-refractivity contribution is 6.17. The molecule has 0 aliphatic heterocycles. The molecule has 6 heteroatoms. The number of fused-ring (bicyclic) bond motifs is 1. The van der Waals surface area contributed by atoms with Gasteiger partial charge in [-0.3, -0.25) is 9.59 Å². The fourth-order valence-electron chi connectivity index (χ4n) is 3.27. The summed E-state index contributed by atoms with van der Waals surface area (Å²) in [6.07, 6.45) is 0. The number of furan rings is 1. The van der Waals surface area contributed by atoms with Crippen molar-refractivity contribution in [3.05, 3.63) is 89.7 Å². The van der Waals surface area contributed by atoms with Crippen molar-refractivity contribution in [1.82, 2.24) is 0 Å². The standard InChI is InChI=1S/C25H22N2O4/c1-3-30-20-10-6-5-9-19(20)24(28)27-22-18-8-4-7-11-21(18)31-23(22)25(29)26-17-14-12-16(2)13-15-17/h4-15H,3H2,1-2H3,(H,26,29)(H,27,28). The number of para-hydroxylation sites is 2. The molecule has 0 spiro atoms. The first-order valence-electron chi connectivity index (χ1n) is 9.99. The Bertz CT molecular complexity index is 1240. The van der Waals surface area contributed by atoms with Crippen LogP contribution in [0.25, 0.3) is 11.0 Å². The summed E-state index contributed by atoms with van der Waals surface area (Å²) >= 11 is 0. The minimum absolute atomic E-state index is 0.0315. The zero-order chi connectivity index (χ0) is 21.8. The van der Waals surface area contributed by atoms with Crippen LogP contribution in [-0.2, 0) is 0 Å². The van der Waals surface area contributed by atoms with E-state index in [-0.39, 0.29) is 11.7 Å². The number of carbonyl (C=O) groups is 2. The highest BCUT2D eigenvalue weighted by Gasteiger charge is 2.24.